The number of benzene rings is 1. The third kappa shape index (κ3) is 4.39. The maximum absolute atomic E-state index is 13.1. The van der Waals surface area contributed by atoms with E-state index in [9.17, 15) is 9.59 Å². The van der Waals surface area contributed by atoms with Crippen LogP contribution in [0.5, 0.6) is 0 Å². The Bertz CT molecular complexity index is 687. The number of nitrogens with zero attached hydrogens (tertiary/aromatic N) is 1. The van der Waals surface area contributed by atoms with E-state index in [1.54, 1.807) is 24.3 Å². The Hall–Kier alpha value is -1.10. The second-order valence-corrected chi connectivity index (χ2v) is 9.10. The number of nitrogens with two attached hydrogens (primary N) is 1. The fourth-order valence-corrected chi connectivity index (χ4v) is 5.59. The Morgan fingerprint density at radius 3 is 2.07 bits per heavy atom. The number of carbonyl (C=O) groups is 2. The van der Waals surface area contributed by atoms with Gasteiger partial charge in [-0.1, -0.05) is 18.0 Å². The molecule has 4 nitrogen and oxygen atoms in total. The van der Waals surface area contributed by atoms with Crippen molar-refractivity contribution >= 4 is 35.7 Å². The monoisotopic (exact) mass is 424 g/mol. The summed E-state index contributed by atoms with van der Waals surface area (Å²) in [4.78, 5) is 27.8. The van der Waals surface area contributed by atoms with Crippen molar-refractivity contribution in [2.45, 2.75) is 51.0 Å². The molecule has 1 heterocycles. The van der Waals surface area contributed by atoms with Crippen molar-refractivity contribution in [1.82, 2.24) is 4.90 Å². The zero-order valence-electron chi connectivity index (χ0n) is 16.2. The number of ketones is 1. The van der Waals surface area contributed by atoms with Crippen molar-refractivity contribution in [2.24, 2.45) is 29.4 Å². The van der Waals surface area contributed by atoms with Gasteiger partial charge in [0.25, 0.3) is 0 Å². The van der Waals surface area contributed by atoms with Crippen molar-refractivity contribution in [3.63, 3.8) is 0 Å². The maximum Gasteiger partial charge on any atom is 0.225 e. The molecule has 0 spiro atoms. The minimum absolute atomic E-state index is 0. The van der Waals surface area contributed by atoms with E-state index in [1.165, 1.54) is 19.3 Å². The van der Waals surface area contributed by atoms with Gasteiger partial charge in [-0.25, -0.2) is 0 Å². The summed E-state index contributed by atoms with van der Waals surface area (Å²) in [7, 11) is 0. The first kappa shape index (κ1) is 21.6. The van der Waals surface area contributed by atoms with Crippen LogP contribution in [0.25, 0.3) is 0 Å². The van der Waals surface area contributed by atoms with E-state index in [2.05, 4.69) is 0 Å². The average molecular weight is 425 g/mol. The van der Waals surface area contributed by atoms with Crippen LogP contribution in [0.2, 0.25) is 5.02 Å². The molecule has 28 heavy (non-hydrogen) atoms. The number of hydrogen-bond donors (Lipinski definition) is 1. The molecule has 2 aliphatic carbocycles. The molecule has 0 aromatic heterocycles. The summed E-state index contributed by atoms with van der Waals surface area (Å²) in [5.74, 6) is 1.68. The highest BCUT2D eigenvalue weighted by molar-refractivity contribution is 6.30. The van der Waals surface area contributed by atoms with E-state index in [0.717, 1.165) is 31.2 Å². The van der Waals surface area contributed by atoms with Crippen LogP contribution in [-0.4, -0.2) is 35.7 Å². The molecule has 4 rings (SSSR count). The van der Waals surface area contributed by atoms with Crippen LogP contribution >= 0.6 is 24.0 Å². The third-order valence-electron chi connectivity index (χ3n) is 7.07. The lowest BCUT2D eigenvalue weighted by atomic mass is 9.65. The van der Waals surface area contributed by atoms with E-state index in [1.807, 2.05) is 4.90 Å². The SMILES string of the molecule is Cl.NC1C2CCCC1CC(C(=O)N1CCC(C(=O)c3ccc(Cl)cc3)CC1)C2. The summed E-state index contributed by atoms with van der Waals surface area (Å²) in [6.45, 7) is 1.39. The molecule has 2 N–H and O–H groups in total. The van der Waals surface area contributed by atoms with Gasteiger partial charge in [0.2, 0.25) is 5.91 Å². The Kier molecular flexibility index (Phi) is 7.06. The largest absolute Gasteiger partial charge is 0.342 e. The highest BCUT2D eigenvalue weighted by atomic mass is 35.5. The summed E-state index contributed by atoms with van der Waals surface area (Å²) >= 11 is 5.91. The van der Waals surface area contributed by atoms with Gasteiger partial charge in [-0.2, -0.15) is 0 Å². The molecule has 0 radical (unpaired) electrons. The normalized spacial score (nSPS) is 30.4. The lowest BCUT2D eigenvalue weighted by Crippen LogP contribution is -2.51. The number of amides is 1. The van der Waals surface area contributed by atoms with Crippen molar-refractivity contribution in [2.75, 3.05) is 13.1 Å². The summed E-state index contributed by atoms with van der Waals surface area (Å²) in [6.07, 6.45) is 7.05. The summed E-state index contributed by atoms with van der Waals surface area (Å²) in [5, 5.41) is 0.643. The number of halogens is 2. The van der Waals surface area contributed by atoms with Crippen molar-refractivity contribution < 1.29 is 9.59 Å². The van der Waals surface area contributed by atoms with Gasteiger partial charge in [0.15, 0.2) is 5.78 Å². The number of Topliss-reactive ketones (excluding diaryl/α,β-unsaturated/α-hetero) is 1. The van der Waals surface area contributed by atoms with Crippen molar-refractivity contribution in [1.29, 1.82) is 0 Å². The van der Waals surface area contributed by atoms with Crippen molar-refractivity contribution in [3.05, 3.63) is 34.9 Å². The third-order valence-corrected chi connectivity index (χ3v) is 7.32. The average Bonchev–Trinajstić information content (AvgIpc) is 2.67. The Morgan fingerprint density at radius 2 is 1.50 bits per heavy atom. The van der Waals surface area contributed by atoms with Gasteiger partial charge in [0.05, 0.1) is 0 Å². The summed E-state index contributed by atoms with van der Waals surface area (Å²) < 4.78 is 0. The Labute approximate surface area is 178 Å². The van der Waals surface area contributed by atoms with E-state index < -0.39 is 0 Å². The number of carbonyl (C=O) groups excluding carboxylic acids is 2. The molecule has 1 aromatic rings. The maximum atomic E-state index is 13.1. The van der Waals surface area contributed by atoms with Crippen molar-refractivity contribution in [3.8, 4) is 0 Å². The molecule has 2 unspecified atom stereocenters. The van der Waals surface area contributed by atoms with Crippen LogP contribution < -0.4 is 5.73 Å². The molecule has 1 saturated heterocycles. The van der Waals surface area contributed by atoms with Gasteiger partial charge in [0, 0.05) is 41.6 Å². The summed E-state index contributed by atoms with van der Waals surface area (Å²) in [5.41, 5.74) is 7.09. The van der Waals surface area contributed by atoms with Gasteiger partial charge >= 0.3 is 0 Å². The molecular weight excluding hydrogens is 395 g/mol. The fraction of sp³-hybridized carbons (Fsp3) is 0.636. The zero-order valence-corrected chi connectivity index (χ0v) is 17.8. The molecule has 2 bridgehead atoms. The molecule has 3 fully saturated rings. The number of hydrogen-bond acceptors (Lipinski definition) is 3. The van der Waals surface area contributed by atoms with Gasteiger partial charge in [-0.05, 0) is 74.6 Å². The standard InChI is InChI=1S/C22H29ClN2O2.ClH/c23-19-6-4-14(5-7-19)21(26)15-8-10-25(11-9-15)22(27)18-12-16-2-1-3-17(13-18)20(16)24;/h4-7,15-18,20H,1-3,8-13,24H2;1H. The second-order valence-electron chi connectivity index (χ2n) is 8.67. The zero-order chi connectivity index (χ0) is 19.0. The summed E-state index contributed by atoms with van der Waals surface area (Å²) in [6, 6.07) is 7.42. The molecule has 3 aliphatic rings. The number of piperidine rings is 1. The molecule has 1 aromatic carbocycles. The van der Waals surface area contributed by atoms with Crippen LogP contribution in [0.3, 0.4) is 0 Å². The topological polar surface area (TPSA) is 63.4 Å². The van der Waals surface area contributed by atoms with Gasteiger partial charge in [-0.3, -0.25) is 9.59 Å². The highest BCUT2D eigenvalue weighted by Gasteiger charge is 2.42. The number of likely N-dealkylation sites (tertiary alicyclic amines) is 1. The fourth-order valence-electron chi connectivity index (χ4n) is 5.46. The molecule has 6 heteroatoms. The Balaban J connectivity index is 0.00000225. The highest BCUT2D eigenvalue weighted by Crippen LogP contribution is 2.42. The molecular formula is C22H30Cl2N2O2. The van der Waals surface area contributed by atoms with Crippen LogP contribution in [0.1, 0.15) is 55.3 Å². The first-order chi connectivity index (χ1) is 13.0. The molecule has 2 saturated carbocycles. The van der Waals surface area contributed by atoms with E-state index in [-0.39, 0.29) is 30.0 Å². The van der Waals surface area contributed by atoms with Crippen LogP contribution in [0, 0.1) is 23.7 Å². The minimum atomic E-state index is 0. The second kappa shape index (κ2) is 9.15. The lowest BCUT2D eigenvalue weighted by molar-refractivity contribution is -0.139. The lowest BCUT2D eigenvalue weighted by Gasteiger charge is -2.45. The number of rotatable bonds is 3. The van der Waals surface area contributed by atoms with Gasteiger partial charge < -0.3 is 10.6 Å². The van der Waals surface area contributed by atoms with Gasteiger partial charge in [-0.15, -0.1) is 12.4 Å². The quantitative estimate of drug-likeness (QED) is 0.733. The van der Waals surface area contributed by atoms with Gasteiger partial charge in [0.1, 0.15) is 0 Å². The van der Waals surface area contributed by atoms with E-state index >= 15 is 0 Å². The van der Waals surface area contributed by atoms with Crippen LogP contribution in [0.15, 0.2) is 24.3 Å². The number of fused-ring (bicyclic) bond motifs is 2. The molecule has 154 valence electrons. The van der Waals surface area contributed by atoms with E-state index in [0.29, 0.717) is 41.9 Å². The first-order valence-electron chi connectivity index (χ1n) is 10.4. The first-order valence-corrected chi connectivity index (χ1v) is 10.7. The molecule has 1 amide bonds. The predicted octanol–water partition coefficient (Wildman–Crippen LogP) is 4.34. The van der Waals surface area contributed by atoms with Crippen LogP contribution in [-0.2, 0) is 4.79 Å². The smallest absolute Gasteiger partial charge is 0.225 e. The predicted molar refractivity (Wildman–Crippen MR) is 114 cm³/mol. The van der Waals surface area contributed by atoms with E-state index in [4.69, 9.17) is 17.3 Å². The molecule has 1 aliphatic heterocycles. The Morgan fingerprint density at radius 1 is 0.929 bits per heavy atom. The minimum Gasteiger partial charge on any atom is -0.342 e. The van der Waals surface area contributed by atoms with Crippen LogP contribution in [0.4, 0.5) is 0 Å². The molecule has 2 atom stereocenters.